The number of ketones is 1. The molecule has 0 amide bonds. The molecule has 2 aromatic rings. The molecule has 0 bridgehead atoms. The second-order valence-corrected chi connectivity index (χ2v) is 7.17. The van der Waals surface area contributed by atoms with Crippen molar-refractivity contribution in [3.8, 4) is 0 Å². The topological polar surface area (TPSA) is 42.0 Å². The van der Waals surface area contributed by atoms with E-state index in [2.05, 4.69) is 16.4 Å². The maximum Gasteiger partial charge on any atom is 0.141 e. The molecule has 1 fully saturated rings. The Morgan fingerprint density at radius 2 is 2.05 bits per heavy atom. The molecule has 3 nitrogen and oxygen atoms in total. The molecule has 0 radical (unpaired) electrons. The van der Waals surface area contributed by atoms with Gasteiger partial charge in [0.2, 0.25) is 0 Å². The molecule has 1 aliphatic rings. The van der Waals surface area contributed by atoms with E-state index in [-0.39, 0.29) is 5.54 Å². The van der Waals surface area contributed by atoms with Crippen molar-refractivity contribution >= 4 is 27.3 Å². The summed E-state index contributed by atoms with van der Waals surface area (Å²) in [4.78, 5) is 17.0. The summed E-state index contributed by atoms with van der Waals surface area (Å²) in [6, 6.07) is 8.09. The normalized spacial score (nSPS) is 18.0. The highest BCUT2D eigenvalue weighted by atomic mass is 32.1. The first-order valence-electron chi connectivity index (χ1n) is 7.76. The number of fused-ring (bicyclic) bond motifs is 1. The summed E-state index contributed by atoms with van der Waals surface area (Å²) in [5.74, 6) is 0.310. The van der Waals surface area contributed by atoms with E-state index in [0.29, 0.717) is 18.6 Å². The number of aromatic nitrogens is 1. The minimum atomic E-state index is 0.0337. The maximum absolute atomic E-state index is 12.4. The molecule has 0 atom stereocenters. The molecule has 4 heteroatoms. The molecule has 21 heavy (non-hydrogen) atoms. The van der Waals surface area contributed by atoms with Gasteiger partial charge in [0, 0.05) is 12.0 Å². The zero-order valence-corrected chi connectivity index (χ0v) is 13.3. The highest BCUT2D eigenvalue weighted by Crippen LogP contribution is 2.31. The number of carbonyl (C=O) groups is 1. The zero-order chi connectivity index (χ0) is 14.7. The number of benzene rings is 1. The van der Waals surface area contributed by atoms with Gasteiger partial charge in [0.1, 0.15) is 10.8 Å². The summed E-state index contributed by atoms with van der Waals surface area (Å²) in [7, 11) is 2.00. The summed E-state index contributed by atoms with van der Waals surface area (Å²) >= 11 is 1.64. The number of hydrogen-bond acceptors (Lipinski definition) is 4. The first-order chi connectivity index (χ1) is 10.2. The Labute approximate surface area is 129 Å². The lowest BCUT2D eigenvalue weighted by molar-refractivity contribution is -0.120. The lowest BCUT2D eigenvalue weighted by Crippen LogP contribution is -2.46. The second kappa shape index (κ2) is 6.24. The fraction of sp³-hybridized carbons (Fsp3) is 0.529. The third-order valence-electron chi connectivity index (χ3n) is 4.56. The van der Waals surface area contributed by atoms with Gasteiger partial charge in [-0.1, -0.05) is 31.4 Å². The first kappa shape index (κ1) is 14.7. The van der Waals surface area contributed by atoms with Gasteiger partial charge in [-0.25, -0.2) is 4.98 Å². The van der Waals surface area contributed by atoms with Crippen LogP contribution < -0.4 is 5.32 Å². The number of Topliss-reactive ketones (excluding diaryl/α,β-unsaturated/α-hetero) is 1. The molecule has 1 N–H and O–H groups in total. The van der Waals surface area contributed by atoms with E-state index in [1.165, 1.54) is 24.0 Å². The van der Waals surface area contributed by atoms with Gasteiger partial charge >= 0.3 is 0 Å². The van der Waals surface area contributed by atoms with Gasteiger partial charge in [0.05, 0.1) is 16.6 Å². The fourth-order valence-electron chi connectivity index (χ4n) is 3.35. The van der Waals surface area contributed by atoms with Crippen LogP contribution in [0.3, 0.4) is 0 Å². The first-order valence-corrected chi connectivity index (χ1v) is 8.57. The molecule has 0 saturated heterocycles. The molecular formula is C17H22N2OS. The smallest absolute Gasteiger partial charge is 0.141 e. The van der Waals surface area contributed by atoms with Gasteiger partial charge in [-0.3, -0.25) is 4.79 Å². The minimum absolute atomic E-state index is 0.0337. The lowest BCUT2D eigenvalue weighted by Gasteiger charge is -2.36. The number of para-hydroxylation sites is 1. The Kier molecular flexibility index (Phi) is 4.36. The van der Waals surface area contributed by atoms with Crippen LogP contribution in [0.4, 0.5) is 0 Å². The maximum atomic E-state index is 12.4. The van der Waals surface area contributed by atoms with Crippen LogP contribution in [0, 0.1) is 0 Å². The van der Waals surface area contributed by atoms with E-state index in [4.69, 9.17) is 0 Å². The van der Waals surface area contributed by atoms with Crippen molar-refractivity contribution < 1.29 is 4.79 Å². The summed E-state index contributed by atoms with van der Waals surface area (Å²) in [5, 5.41) is 4.37. The van der Waals surface area contributed by atoms with E-state index in [1.807, 2.05) is 25.2 Å². The Balaban J connectivity index is 1.68. The molecule has 112 valence electrons. The predicted molar refractivity (Wildman–Crippen MR) is 87.8 cm³/mol. The number of hydrogen-bond donors (Lipinski definition) is 1. The molecule has 1 aromatic carbocycles. The van der Waals surface area contributed by atoms with Gasteiger partial charge in [-0.05, 0) is 32.0 Å². The summed E-state index contributed by atoms with van der Waals surface area (Å²) in [6.07, 6.45) is 7.12. The van der Waals surface area contributed by atoms with Crippen LogP contribution in [-0.2, 0) is 11.2 Å². The van der Waals surface area contributed by atoms with Gasteiger partial charge < -0.3 is 5.32 Å². The van der Waals surface area contributed by atoms with E-state index < -0.39 is 0 Å². The van der Waals surface area contributed by atoms with Gasteiger partial charge in [0.25, 0.3) is 0 Å². The van der Waals surface area contributed by atoms with Crippen LogP contribution >= 0.6 is 11.3 Å². The Morgan fingerprint density at radius 1 is 1.29 bits per heavy atom. The van der Waals surface area contributed by atoms with Crippen molar-refractivity contribution in [1.29, 1.82) is 0 Å². The van der Waals surface area contributed by atoms with Crippen LogP contribution in [0.2, 0.25) is 0 Å². The number of rotatable bonds is 5. The van der Waals surface area contributed by atoms with Gasteiger partial charge in [-0.15, -0.1) is 11.3 Å². The highest BCUT2D eigenvalue weighted by molar-refractivity contribution is 7.18. The molecule has 1 heterocycles. The standard InChI is InChI=1S/C17H22N2OS/c1-18-17(9-5-2-6-10-17)12-13(20)11-16-19-14-7-3-4-8-15(14)21-16/h3-4,7-8,18H,2,5-6,9-12H2,1H3. The zero-order valence-electron chi connectivity index (χ0n) is 12.5. The van der Waals surface area contributed by atoms with Gasteiger partial charge in [0.15, 0.2) is 0 Å². The molecule has 1 aliphatic carbocycles. The molecule has 0 spiro atoms. The molecular weight excluding hydrogens is 280 g/mol. The van der Waals surface area contributed by atoms with Crippen LogP contribution in [0.15, 0.2) is 24.3 Å². The SMILES string of the molecule is CNC1(CC(=O)Cc2nc3ccccc3s2)CCCCC1. The summed E-state index contributed by atoms with van der Waals surface area (Å²) in [6.45, 7) is 0. The van der Waals surface area contributed by atoms with E-state index in [0.717, 1.165) is 23.4 Å². The van der Waals surface area contributed by atoms with Gasteiger partial charge in [-0.2, -0.15) is 0 Å². The molecule has 0 unspecified atom stereocenters. The van der Waals surface area contributed by atoms with E-state index in [9.17, 15) is 4.79 Å². The summed E-state index contributed by atoms with van der Waals surface area (Å²) in [5.41, 5.74) is 1.04. The van der Waals surface area contributed by atoms with Crippen molar-refractivity contribution in [3.05, 3.63) is 29.3 Å². The van der Waals surface area contributed by atoms with Crippen molar-refractivity contribution in [2.75, 3.05) is 7.05 Å². The highest BCUT2D eigenvalue weighted by Gasteiger charge is 2.32. The Morgan fingerprint density at radius 3 is 2.76 bits per heavy atom. The van der Waals surface area contributed by atoms with E-state index in [1.54, 1.807) is 11.3 Å². The van der Waals surface area contributed by atoms with Crippen LogP contribution in [-0.4, -0.2) is 23.4 Å². The molecule has 0 aliphatic heterocycles. The van der Waals surface area contributed by atoms with Crippen molar-refractivity contribution in [2.45, 2.75) is 50.5 Å². The minimum Gasteiger partial charge on any atom is -0.314 e. The quantitative estimate of drug-likeness (QED) is 0.915. The number of nitrogens with one attached hydrogen (secondary N) is 1. The average molecular weight is 302 g/mol. The monoisotopic (exact) mass is 302 g/mol. The third kappa shape index (κ3) is 3.33. The molecule has 1 aromatic heterocycles. The van der Waals surface area contributed by atoms with Crippen LogP contribution in [0.5, 0.6) is 0 Å². The van der Waals surface area contributed by atoms with E-state index >= 15 is 0 Å². The average Bonchev–Trinajstić information content (AvgIpc) is 2.90. The van der Waals surface area contributed by atoms with Crippen molar-refractivity contribution in [1.82, 2.24) is 10.3 Å². The molecule has 3 rings (SSSR count). The second-order valence-electron chi connectivity index (χ2n) is 6.06. The van der Waals surface area contributed by atoms with Crippen molar-refractivity contribution in [3.63, 3.8) is 0 Å². The number of nitrogens with zero attached hydrogens (tertiary/aromatic N) is 1. The Hall–Kier alpha value is -1.26. The lowest BCUT2D eigenvalue weighted by atomic mass is 9.78. The third-order valence-corrected chi connectivity index (χ3v) is 5.60. The Bertz CT molecular complexity index is 596. The largest absolute Gasteiger partial charge is 0.314 e. The van der Waals surface area contributed by atoms with Crippen LogP contribution in [0.25, 0.3) is 10.2 Å². The number of thiazole rings is 1. The van der Waals surface area contributed by atoms with Crippen LogP contribution in [0.1, 0.15) is 43.5 Å². The number of carbonyl (C=O) groups excluding carboxylic acids is 1. The van der Waals surface area contributed by atoms with Crippen molar-refractivity contribution in [2.24, 2.45) is 0 Å². The molecule has 1 saturated carbocycles. The predicted octanol–water partition coefficient (Wildman–Crippen LogP) is 3.72. The fourth-order valence-corrected chi connectivity index (χ4v) is 4.34. The summed E-state index contributed by atoms with van der Waals surface area (Å²) < 4.78 is 1.17.